The lowest BCUT2D eigenvalue weighted by Crippen LogP contribution is -1.94. The molecule has 0 saturated heterocycles. The first-order chi connectivity index (χ1) is 7.79. The summed E-state index contributed by atoms with van der Waals surface area (Å²) in [4.78, 5) is 0. The van der Waals surface area contributed by atoms with Crippen molar-refractivity contribution in [1.29, 1.82) is 0 Å². The molecule has 0 saturated carbocycles. The number of hydrogen-bond donors (Lipinski definition) is 0. The van der Waals surface area contributed by atoms with Crippen molar-refractivity contribution in [1.82, 2.24) is 0 Å². The van der Waals surface area contributed by atoms with Crippen molar-refractivity contribution in [3.8, 4) is 0 Å². The van der Waals surface area contributed by atoms with Crippen molar-refractivity contribution in [3.63, 3.8) is 0 Å². The minimum atomic E-state index is 1.13. The van der Waals surface area contributed by atoms with Gasteiger partial charge in [-0.3, -0.25) is 0 Å². The predicted molar refractivity (Wildman–Crippen MR) is 73.3 cm³/mol. The minimum Gasteiger partial charge on any atom is -0.0991 e. The smallest absolute Gasteiger partial charge is 0.0195 e. The second-order valence-electron chi connectivity index (χ2n) is 3.85. The first-order valence-electron chi connectivity index (χ1n) is 5.78. The van der Waals surface area contributed by atoms with E-state index < -0.39 is 0 Å². The van der Waals surface area contributed by atoms with Crippen LogP contribution in [0.3, 0.4) is 0 Å². The molecule has 0 aromatic rings. The second-order valence-corrected chi connectivity index (χ2v) is 3.85. The van der Waals surface area contributed by atoms with Crippen LogP contribution in [0.25, 0.3) is 0 Å². The van der Waals surface area contributed by atoms with Gasteiger partial charge in [-0.2, -0.15) is 0 Å². The molecule has 0 spiro atoms. The maximum absolute atomic E-state index is 3.75. The molecule has 0 nitrogen and oxygen atoms in total. The highest BCUT2D eigenvalue weighted by atomic mass is 14.1. The highest BCUT2D eigenvalue weighted by Crippen LogP contribution is 2.26. The van der Waals surface area contributed by atoms with Gasteiger partial charge in [0.15, 0.2) is 0 Å². The Balaban J connectivity index is 3.04. The molecule has 0 heteroatoms. The Hall–Kier alpha value is -1.56. The van der Waals surface area contributed by atoms with Crippen LogP contribution in [0, 0.1) is 0 Å². The molecule has 0 heterocycles. The van der Waals surface area contributed by atoms with Crippen molar-refractivity contribution in [2.24, 2.45) is 0 Å². The van der Waals surface area contributed by atoms with Crippen molar-refractivity contribution in [3.05, 3.63) is 71.9 Å². The SMILES string of the molecule is C=C/C=C(C)/C(=C/C=C/C)C1=CC=CCC1. The third-order valence-corrected chi connectivity index (χ3v) is 2.61. The van der Waals surface area contributed by atoms with Crippen molar-refractivity contribution in [2.45, 2.75) is 26.7 Å². The Bertz CT molecular complexity index is 384. The average molecular weight is 212 g/mol. The van der Waals surface area contributed by atoms with Crippen LogP contribution in [0.1, 0.15) is 26.7 Å². The first-order valence-corrected chi connectivity index (χ1v) is 5.78. The van der Waals surface area contributed by atoms with Gasteiger partial charge in [0, 0.05) is 0 Å². The van der Waals surface area contributed by atoms with Gasteiger partial charge in [-0.25, -0.2) is 0 Å². The zero-order valence-corrected chi connectivity index (χ0v) is 10.2. The van der Waals surface area contributed by atoms with E-state index in [4.69, 9.17) is 0 Å². The summed E-state index contributed by atoms with van der Waals surface area (Å²) in [6.07, 6.45) is 19.1. The van der Waals surface area contributed by atoms with Gasteiger partial charge >= 0.3 is 0 Å². The zero-order chi connectivity index (χ0) is 11.8. The molecular weight excluding hydrogens is 192 g/mol. The van der Waals surface area contributed by atoms with Crippen LogP contribution in [0.5, 0.6) is 0 Å². The normalized spacial score (nSPS) is 17.8. The highest BCUT2D eigenvalue weighted by Gasteiger charge is 2.06. The van der Waals surface area contributed by atoms with Gasteiger partial charge in [0.25, 0.3) is 0 Å². The summed E-state index contributed by atoms with van der Waals surface area (Å²) in [5, 5.41) is 0. The van der Waals surface area contributed by atoms with E-state index in [1.165, 1.54) is 16.7 Å². The monoisotopic (exact) mass is 212 g/mol. The summed E-state index contributed by atoms with van der Waals surface area (Å²) in [6, 6.07) is 0. The van der Waals surface area contributed by atoms with Crippen LogP contribution < -0.4 is 0 Å². The van der Waals surface area contributed by atoms with E-state index in [2.05, 4.69) is 56.0 Å². The van der Waals surface area contributed by atoms with E-state index in [-0.39, 0.29) is 0 Å². The predicted octanol–water partition coefficient (Wildman–Crippen LogP) is 4.90. The van der Waals surface area contributed by atoms with Gasteiger partial charge in [0.05, 0.1) is 0 Å². The van der Waals surface area contributed by atoms with E-state index in [0.29, 0.717) is 0 Å². The first kappa shape index (κ1) is 12.5. The maximum Gasteiger partial charge on any atom is -0.0195 e. The van der Waals surface area contributed by atoms with Gasteiger partial charge in [-0.1, -0.05) is 55.2 Å². The van der Waals surface area contributed by atoms with Crippen LogP contribution >= 0.6 is 0 Å². The molecule has 0 aliphatic heterocycles. The van der Waals surface area contributed by atoms with Gasteiger partial charge in [0.1, 0.15) is 0 Å². The summed E-state index contributed by atoms with van der Waals surface area (Å²) >= 11 is 0. The Morgan fingerprint density at radius 3 is 2.75 bits per heavy atom. The van der Waals surface area contributed by atoms with Crippen LogP contribution in [0.4, 0.5) is 0 Å². The third-order valence-electron chi connectivity index (χ3n) is 2.61. The van der Waals surface area contributed by atoms with Crippen molar-refractivity contribution < 1.29 is 0 Å². The van der Waals surface area contributed by atoms with Crippen molar-refractivity contribution in [2.75, 3.05) is 0 Å². The molecule has 16 heavy (non-hydrogen) atoms. The molecule has 0 fully saturated rings. The Morgan fingerprint density at radius 1 is 1.38 bits per heavy atom. The quantitative estimate of drug-likeness (QED) is 0.581. The average Bonchev–Trinajstić information content (AvgIpc) is 2.31. The molecule has 0 amide bonds. The summed E-state index contributed by atoms with van der Waals surface area (Å²) in [5.74, 6) is 0. The molecule has 1 rings (SSSR count). The maximum atomic E-state index is 3.75. The number of hydrogen-bond acceptors (Lipinski definition) is 0. The molecule has 84 valence electrons. The molecule has 1 aliphatic rings. The number of allylic oxidation sites excluding steroid dienone is 11. The van der Waals surface area contributed by atoms with Gasteiger partial charge in [-0.15, -0.1) is 0 Å². The summed E-state index contributed by atoms with van der Waals surface area (Å²) in [5.41, 5.74) is 4.01. The van der Waals surface area contributed by atoms with Crippen LogP contribution in [-0.2, 0) is 0 Å². The van der Waals surface area contributed by atoms with Crippen LogP contribution in [0.15, 0.2) is 71.9 Å². The molecular formula is C16H20. The fraction of sp³-hybridized carbons (Fsp3) is 0.250. The lowest BCUT2D eigenvalue weighted by atomic mass is 9.92. The van der Waals surface area contributed by atoms with E-state index in [1.807, 2.05) is 13.0 Å². The Morgan fingerprint density at radius 2 is 2.19 bits per heavy atom. The summed E-state index contributed by atoms with van der Waals surface area (Å²) in [6.45, 7) is 7.93. The summed E-state index contributed by atoms with van der Waals surface area (Å²) in [7, 11) is 0. The molecule has 0 atom stereocenters. The molecule has 0 N–H and O–H groups in total. The zero-order valence-electron chi connectivity index (χ0n) is 10.2. The van der Waals surface area contributed by atoms with E-state index in [0.717, 1.165) is 12.8 Å². The summed E-state index contributed by atoms with van der Waals surface area (Å²) < 4.78 is 0. The van der Waals surface area contributed by atoms with E-state index in [1.54, 1.807) is 0 Å². The van der Waals surface area contributed by atoms with Crippen LogP contribution in [0.2, 0.25) is 0 Å². The molecule has 0 radical (unpaired) electrons. The fourth-order valence-corrected chi connectivity index (χ4v) is 1.78. The number of rotatable bonds is 4. The van der Waals surface area contributed by atoms with Crippen molar-refractivity contribution >= 4 is 0 Å². The fourth-order valence-electron chi connectivity index (χ4n) is 1.78. The van der Waals surface area contributed by atoms with Gasteiger partial charge < -0.3 is 0 Å². The molecule has 0 bridgehead atoms. The van der Waals surface area contributed by atoms with Crippen LogP contribution in [-0.4, -0.2) is 0 Å². The Labute approximate surface area is 99.1 Å². The van der Waals surface area contributed by atoms with Gasteiger partial charge in [-0.05, 0) is 43.4 Å². The topological polar surface area (TPSA) is 0 Å². The lowest BCUT2D eigenvalue weighted by Gasteiger charge is -2.13. The Kier molecular flexibility index (Phi) is 5.35. The van der Waals surface area contributed by atoms with Gasteiger partial charge in [0.2, 0.25) is 0 Å². The standard InChI is InChI=1S/C16H20/c1-4-6-13-16(14(3)10-5-2)15-11-8-7-9-12-15/h4-8,10-11,13H,2,9,12H2,1,3H3/b6-4+,14-10+,16-13-. The molecule has 0 unspecified atom stereocenters. The minimum absolute atomic E-state index is 1.13. The molecule has 1 aliphatic carbocycles. The highest BCUT2D eigenvalue weighted by molar-refractivity contribution is 5.50. The van der Waals surface area contributed by atoms with E-state index in [9.17, 15) is 0 Å². The molecule has 0 aromatic carbocycles. The lowest BCUT2D eigenvalue weighted by molar-refractivity contribution is 0.971. The van der Waals surface area contributed by atoms with E-state index >= 15 is 0 Å². The second kappa shape index (κ2) is 6.84. The molecule has 0 aromatic heterocycles. The third kappa shape index (κ3) is 3.54. The largest absolute Gasteiger partial charge is 0.0991 e.